The van der Waals surface area contributed by atoms with Crippen molar-refractivity contribution >= 4 is 46.3 Å². The molecule has 126 valence electrons. The van der Waals surface area contributed by atoms with E-state index in [0.29, 0.717) is 16.3 Å². The van der Waals surface area contributed by atoms with Gasteiger partial charge in [-0.1, -0.05) is 29.8 Å². The van der Waals surface area contributed by atoms with Gasteiger partial charge in [0.1, 0.15) is 0 Å². The molecule has 0 bridgehead atoms. The van der Waals surface area contributed by atoms with Crippen molar-refractivity contribution in [1.82, 2.24) is 0 Å². The van der Waals surface area contributed by atoms with Gasteiger partial charge in [0.2, 0.25) is 5.91 Å². The summed E-state index contributed by atoms with van der Waals surface area (Å²) in [6.07, 6.45) is 1.73. The Hall–Kier alpha value is -2.86. The molecule has 0 spiro atoms. The number of nitrogens with zero attached hydrogens (tertiary/aromatic N) is 1. The maximum absolute atomic E-state index is 12.6. The van der Waals surface area contributed by atoms with Gasteiger partial charge in [-0.05, 0) is 54.6 Å². The summed E-state index contributed by atoms with van der Waals surface area (Å²) in [6, 6.07) is 14.3. The minimum atomic E-state index is -0.344. The Balaban J connectivity index is 1.85. The third kappa shape index (κ3) is 3.80. The number of amides is 3. The molecule has 1 aliphatic rings. The van der Waals surface area contributed by atoms with Gasteiger partial charge in [-0.2, -0.15) is 0 Å². The summed E-state index contributed by atoms with van der Waals surface area (Å²) in [5.74, 6) is -0.524. The number of nitrogens with one attached hydrogen (secondary N) is 1. The number of hydrogen-bond donors (Lipinski definition) is 1. The van der Waals surface area contributed by atoms with Gasteiger partial charge in [0, 0.05) is 12.6 Å². The van der Waals surface area contributed by atoms with Crippen molar-refractivity contribution in [2.24, 2.45) is 0 Å². The van der Waals surface area contributed by atoms with E-state index in [1.165, 1.54) is 6.92 Å². The fourth-order valence-electron chi connectivity index (χ4n) is 2.50. The lowest BCUT2D eigenvalue weighted by Gasteiger charge is -2.13. The van der Waals surface area contributed by atoms with Crippen molar-refractivity contribution in [1.29, 1.82) is 0 Å². The van der Waals surface area contributed by atoms with E-state index >= 15 is 0 Å². The number of anilines is 2. The van der Waals surface area contributed by atoms with E-state index in [9.17, 15) is 14.4 Å². The number of benzene rings is 2. The average molecular weight is 352 g/mol. The number of thioether (sulfide) groups is 1. The first-order valence-electron chi connectivity index (χ1n) is 7.66. The lowest BCUT2D eigenvalue weighted by atomic mass is 10.1. The molecule has 1 saturated heterocycles. The maximum Gasteiger partial charge on any atom is 0.298 e. The topological polar surface area (TPSA) is 66.5 Å². The zero-order valence-corrected chi connectivity index (χ0v) is 14.6. The molecule has 0 radical (unpaired) electrons. The second-order valence-corrected chi connectivity index (χ2v) is 6.65. The van der Waals surface area contributed by atoms with Crippen LogP contribution >= 0.6 is 11.8 Å². The van der Waals surface area contributed by atoms with Crippen LogP contribution in [0.5, 0.6) is 0 Å². The summed E-state index contributed by atoms with van der Waals surface area (Å²) >= 11 is 0.921. The van der Waals surface area contributed by atoms with Crippen molar-refractivity contribution in [3.8, 4) is 0 Å². The predicted molar refractivity (Wildman–Crippen MR) is 100 cm³/mol. The smallest absolute Gasteiger partial charge is 0.298 e. The number of hydrogen-bond acceptors (Lipinski definition) is 4. The highest BCUT2D eigenvalue weighted by Crippen LogP contribution is 2.36. The van der Waals surface area contributed by atoms with Crippen molar-refractivity contribution in [2.75, 3.05) is 10.2 Å². The van der Waals surface area contributed by atoms with Gasteiger partial charge in [-0.25, -0.2) is 4.90 Å². The van der Waals surface area contributed by atoms with Crippen molar-refractivity contribution < 1.29 is 14.4 Å². The first-order valence-corrected chi connectivity index (χ1v) is 8.48. The molecule has 2 aromatic rings. The quantitative estimate of drug-likeness (QED) is 0.841. The normalized spacial score (nSPS) is 15.8. The molecule has 2 aromatic carbocycles. The summed E-state index contributed by atoms with van der Waals surface area (Å²) < 4.78 is 0. The zero-order chi connectivity index (χ0) is 18.0. The number of aryl methyl sites for hydroxylation is 1. The van der Waals surface area contributed by atoms with E-state index in [0.717, 1.165) is 27.8 Å². The minimum Gasteiger partial charge on any atom is -0.326 e. The summed E-state index contributed by atoms with van der Waals surface area (Å²) in [4.78, 5) is 37.5. The SMILES string of the molecule is CC(=O)Nc1ccc(N2C(=O)S/C(=C\c3cccc(C)c3)C2=O)cc1. The predicted octanol–water partition coefficient (Wildman–Crippen LogP) is 4.19. The molecule has 0 saturated carbocycles. The molecular weight excluding hydrogens is 336 g/mol. The third-order valence-corrected chi connectivity index (χ3v) is 4.45. The van der Waals surface area contributed by atoms with Gasteiger partial charge in [-0.3, -0.25) is 14.4 Å². The maximum atomic E-state index is 12.6. The number of imide groups is 1. The van der Waals surface area contributed by atoms with E-state index in [1.54, 1.807) is 30.3 Å². The summed E-state index contributed by atoms with van der Waals surface area (Å²) in [6.45, 7) is 3.39. The molecule has 3 amide bonds. The molecule has 0 unspecified atom stereocenters. The highest BCUT2D eigenvalue weighted by atomic mass is 32.2. The van der Waals surface area contributed by atoms with Crippen LogP contribution in [-0.4, -0.2) is 17.1 Å². The molecule has 25 heavy (non-hydrogen) atoms. The van der Waals surface area contributed by atoms with Crippen LogP contribution in [0.2, 0.25) is 0 Å². The number of rotatable bonds is 3. The molecule has 1 N–H and O–H groups in total. The second-order valence-electron chi connectivity index (χ2n) is 5.66. The number of carbonyl (C=O) groups is 3. The van der Waals surface area contributed by atoms with Crippen LogP contribution in [0.1, 0.15) is 18.1 Å². The van der Waals surface area contributed by atoms with Gasteiger partial charge >= 0.3 is 0 Å². The Morgan fingerprint density at radius 2 is 1.84 bits per heavy atom. The Morgan fingerprint density at radius 3 is 2.48 bits per heavy atom. The van der Waals surface area contributed by atoms with Gasteiger partial charge < -0.3 is 5.32 Å². The summed E-state index contributed by atoms with van der Waals surface area (Å²) in [5, 5.41) is 2.31. The molecule has 1 heterocycles. The molecule has 6 heteroatoms. The standard InChI is InChI=1S/C19H16N2O3S/c1-12-4-3-5-14(10-12)11-17-18(23)21(19(24)25-17)16-8-6-15(7-9-16)20-13(2)22/h3-11H,1-2H3,(H,20,22)/b17-11-. The fourth-order valence-corrected chi connectivity index (χ4v) is 3.34. The van der Waals surface area contributed by atoms with Gasteiger partial charge in [-0.15, -0.1) is 0 Å². The van der Waals surface area contributed by atoms with Gasteiger partial charge in [0.05, 0.1) is 10.6 Å². The van der Waals surface area contributed by atoms with E-state index in [-0.39, 0.29) is 17.1 Å². The average Bonchev–Trinajstić information content (AvgIpc) is 2.82. The van der Waals surface area contributed by atoms with Crippen molar-refractivity contribution in [3.63, 3.8) is 0 Å². The minimum absolute atomic E-state index is 0.181. The molecule has 0 aliphatic carbocycles. The molecule has 3 rings (SSSR count). The highest BCUT2D eigenvalue weighted by Gasteiger charge is 2.36. The first-order chi connectivity index (χ1) is 11.9. The van der Waals surface area contributed by atoms with Crippen molar-refractivity contribution in [3.05, 3.63) is 64.6 Å². The molecular formula is C19H16N2O3S. The number of carbonyl (C=O) groups excluding carboxylic acids is 3. The Morgan fingerprint density at radius 1 is 1.12 bits per heavy atom. The van der Waals surface area contributed by atoms with Crippen molar-refractivity contribution in [2.45, 2.75) is 13.8 Å². The molecule has 0 aromatic heterocycles. The Bertz CT molecular complexity index is 888. The lowest BCUT2D eigenvalue weighted by Crippen LogP contribution is -2.27. The van der Waals surface area contributed by atoms with E-state index in [4.69, 9.17) is 0 Å². The van der Waals surface area contributed by atoms with Crippen LogP contribution in [0.15, 0.2) is 53.4 Å². The lowest BCUT2D eigenvalue weighted by molar-refractivity contribution is -0.114. The van der Waals surface area contributed by atoms with E-state index in [2.05, 4.69) is 5.32 Å². The highest BCUT2D eigenvalue weighted by molar-refractivity contribution is 8.19. The summed E-state index contributed by atoms with van der Waals surface area (Å²) in [7, 11) is 0. The van der Waals surface area contributed by atoms with Gasteiger partial charge in [0.25, 0.3) is 11.1 Å². The van der Waals surface area contributed by atoms with Crippen LogP contribution in [-0.2, 0) is 9.59 Å². The largest absolute Gasteiger partial charge is 0.326 e. The summed E-state index contributed by atoms with van der Waals surface area (Å²) in [5.41, 5.74) is 3.05. The van der Waals surface area contributed by atoms with Crippen LogP contribution < -0.4 is 10.2 Å². The molecule has 5 nitrogen and oxygen atoms in total. The monoisotopic (exact) mass is 352 g/mol. The van der Waals surface area contributed by atoms with Crippen LogP contribution in [0.25, 0.3) is 6.08 Å². The Labute approximate surface area is 149 Å². The fraction of sp³-hybridized carbons (Fsp3) is 0.105. The Kier molecular flexibility index (Phi) is 4.72. The molecule has 1 fully saturated rings. The second kappa shape index (κ2) is 6.94. The van der Waals surface area contributed by atoms with Crippen LogP contribution in [0.3, 0.4) is 0 Å². The first kappa shape index (κ1) is 17.0. The third-order valence-electron chi connectivity index (χ3n) is 3.58. The van der Waals surface area contributed by atoms with Crippen LogP contribution in [0, 0.1) is 6.92 Å². The molecule has 1 aliphatic heterocycles. The van der Waals surface area contributed by atoms with E-state index in [1.807, 2.05) is 31.2 Å². The molecule has 0 atom stereocenters. The zero-order valence-electron chi connectivity index (χ0n) is 13.8. The van der Waals surface area contributed by atoms with E-state index < -0.39 is 0 Å². The van der Waals surface area contributed by atoms with Gasteiger partial charge in [0.15, 0.2) is 0 Å². The van der Waals surface area contributed by atoms with Crippen LogP contribution in [0.4, 0.5) is 16.2 Å².